The Balaban J connectivity index is 1.18. The molecule has 3 N–H and O–H groups in total. The summed E-state index contributed by atoms with van der Waals surface area (Å²) in [6.07, 6.45) is 16.0. The second kappa shape index (κ2) is 14.6. The summed E-state index contributed by atoms with van der Waals surface area (Å²) in [4.78, 5) is 40.6. The topological polar surface area (TPSA) is 109 Å². The third kappa shape index (κ3) is 7.51. The number of aromatic nitrogens is 3. The van der Waals surface area contributed by atoms with Crippen LogP contribution in [0.5, 0.6) is 5.75 Å². The van der Waals surface area contributed by atoms with Gasteiger partial charge in [-0.3, -0.25) is 9.59 Å². The molecule has 2 amide bonds. The van der Waals surface area contributed by atoms with E-state index in [2.05, 4.69) is 63.9 Å². The van der Waals surface area contributed by atoms with Crippen molar-refractivity contribution in [2.75, 3.05) is 7.11 Å². The van der Waals surface area contributed by atoms with E-state index >= 15 is 0 Å². The number of hydrogen-bond acceptors (Lipinski definition) is 6. The van der Waals surface area contributed by atoms with Gasteiger partial charge < -0.3 is 20.4 Å². The highest BCUT2D eigenvalue weighted by Crippen LogP contribution is 2.45. The van der Waals surface area contributed by atoms with Gasteiger partial charge in [-0.2, -0.15) is 0 Å². The lowest BCUT2D eigenvalue weighted by molar-refractivity contribution is -0.127. The Morgan fingerprint density at radius 1 is 1.02 bits per heavy atom. The van der Waals surface area contributed by atoms with Gasteiger partial charge in [-0.05, 0) is 92.2 Å². The van der Waals surface area contributed by atoms with Gasteiger partial charge in [-0.15, -0.1) is 11.3 Å². The first-order valence-corrected chi connectivity index (χ1v) is 18.6. The number of methoxy groups -OCH3 is 1. The number of amides is 2. The summed E-state index contributed by atoms with van der Waals surface area (Å²) in [6, 6.07) is 14.8. The molecule has 4 unspecified atom stereocenters. The van der Waals surface area contributed by atoms with Crippen LogP contribution in [0.3, 0.4) is 0 Å². The third-order valence-corrected chi connectivity index (χ3v) is 11.9. The lowest BCUT2D eigenvalue weighted by Gasteiger charge is -2.41. The van der Waals surface area contributed by atoms with Crippen LogP contribution in [0.2, 0.25) is 0 Å². The van der Waals surface area contributed by atoms with E-state index in [0.717, 1.165) is 67.4 Å². The highest BCUT2D eigenvalue weighted by molar-refractivity contribution is 7.15. The number of hydrogen-bond donors (Lipinski definition) is 3. The smallest absolute Gasteiger partial charge is 0.227 e. The van der Waals surface area contributed by atoms with Gasteiger partial charge in [-0.1, -0.05) is 49.6 Å². The van der Waals surface area contributed by atoms with Crippen LogP contribution in [0.4, 0.5) is 0 Å². The number of imidazole rings is 1. The van der Waals surface area contributed by atoms with Crippen molar-refractivity contribution in [1.29, 1.82) is 0 Å². The molecule has 3 aliphatic rings. The summed E-state index contributed by atoms with van der Waals surface area (Å²) >= 11 is 1.80. The summed E-state index contributed by atoms with van der Waals surface area (Å²) in [5, 5.41) is 8.23. The van der Waals surface area contributed by atoms with E-state index in [0.29, 0.717) is 11.7 Å². The number of H-pyrrole nitrogens is 1. The van der Waals surface area contributed by atoms with Crippen molar-refractivity contribution in [2.45, 2.75) is 101 Å². The fourth-order valence-corrected chi connectivity index (χ4v) is 9.02. The first-order valence-electron chi connectivity index (χ1n) is 17.7. The molecule has 0 spiro atoms. The van der Waals surface area contributed by atoms with Gasteiger partial charge >= 0.3 is 0 Å². The fraction of sp³-hybridized carbons (Fsp3) is 0.487. The van der Waals surface area contributed by atoms with Crippen LogP contribution >= 0.6 is 11.3 Å². The minimum absolute atomic E-state index is 0.0488. The molecule has 2 aromatic carbocycles. The van der Waals surface area contributed by atoms with Crippen LogP contribution < -0.4 is 15.4 Å². The van der Waals surface area contributed by atoms with Crippen molar-refractivity contribution >= 4 is 23.2 Å². The van der Waals surface area contributed by atoms with Gasteiger partial charge in [0.05, 0.1) is 29.5 Å². The SMILES string of the molecule is COc1ccc(C2CCC(C(NC(=O)C3CCCCC3)c3cccc(-c4cnc(C5CC5)s4)c3)CC2NC(=O)Cc2ncc[nH]2)cc1C. The van der Waals surface area contributed by atoms with E-state index < -0.39 is 0 Å². The molecule has 3 aliphatic carbocycles. The molecule has 0 aliphatic heterocycles. The maximum absolute atomic E-state index is 13.9. The number of benzene rings is 2. The zero-order valence-electron chi connectivity index (χ0n) is 28.0. The molecule has 48 heavy (non-hydrogen) atoms. The van der Waals surface area contributed by atoms with Gasteiger partial charge in [0.15, 0.2) is 0 Å². The van der Waals surface area contributed by atoms with Crippen LogP contribution in [0.15, 0.2) is 61.1 Å². The van der Waals surface area contributed by atoms with Crippen LogP contribution in [0.1, 0.15) is 110 Å². The lowest BCUT2D eigenvalue weighted by atomic mass is 9.71. The van der Waals surface area contributed by atoms with Gasteiger partial charge in [0, 0.05) is 42.4 Å². The van der Waals surface area contributed by atoms with E-state index in [4.69, 9.17) is 9.72 Å². The standard InChI is InChI=1S/C39H47N5O3S/c1-24-19-27(14-16-33(24)47-2)31-15-13-30(21-32(31)43-36(45)22-35-40-17-18-41-35)37(44-38(46)25-7-4-3-5-8-25)29-10-6-9-28(20-29)34-23-42-39(48-34)26-11-12-26/h6,9-10,14,16-20,23,25-26,30-32,37H,3-5,7-8,11-13,15,21-22H2,1-2H3,(H,40,41)(H,43,45)(H,44,46). The number of ether oxygens (including phenoxy) is 1. The number of aryl methyl sites for hydroxylation is 1. The molecule has 2 heterocycles. The van der Waals surface area contributed by atoms with Crippen LogP contribution in [0, 0.1) is 18.8 Å². The third-order valence-electron chi connectivity index (χ3n) is 10.7. The van der Waals surface area contributed by atoms with E-state index in [1.165, 1.54) is 34.7 Å². The second-order valence-electron chi connectivity index (χ2n) is 14.1. The van der Waals surface area contributed by atoms with E-state index in [1.54, 1.807) is 30.8 Å². The number of carbonyl (C=O) groups excluding carboxylic acids is 2. The van der Waals surface area contributed by atoms with E-state index in [-0.39, 0.29) is 48.1 Å². The summed E-state index contributed by atoms with van der Waals surface area (Å²) in [5.74, 6) is 2.62. The lowest BCUT2D eigenvalue weighted by Crippen LogP contribution is -2.47. The van der Waals surface area contributed by atoms with Crippen LogP contribution in [-0.2, 0) is 16.0 Å². The van der Waals surface area contributed by atoms with Gasteiger partial charge in [0.25, 0.3) is 0 Å². The molecule has 0 radical (unpaired) electrons. The molecular formula is C39H47N5O3S. The molecule has 3 saturated carbocycles. The summed E-state index contributed by atoms with van der Waals surface area (Å²) in [7, 11) is 1.70. The Morgan fingerprint density at radius 2 is 1.88 bits per heavy atom. The van der Waals surface area contributed by atoms with Crippen molar-refractivity contribution in [2.24, 2.45) is 11.8 Å². The molecule has 252 valence electrons. The van der Waals surface area contributed by atoms with Crippen LogP contribution in [0.25, 0.3) is 10.4 Å². The van der Waals surface area contributed by atoms with Gasteiger partial charge in [-0.25, -0.2) is 9.97 Å². The van der Waals surface area contributed by atoms with Gasteiger partial charge in [0.2, 0.25) is 11.8 Å². The Labute approximate surface area is 287 Å². The maximum atomic E-state index is 13.9. The molecule has 0 saturated heterocycles. The predicted octanol–water partition coefficient (Wildman–Crippen LogP) is 7.78. The highest BCUT2D eigenvalue weighted by atomic mass is 32.1. The number of thiazole rings is 1. The Hall–Kier alpha value is -3.98. The van der Waals surface area contributed by atoms with Gasteiger partial charge in [0.1, 0.15) is 11.6 Å². The Kier molecular flexibility index (Phi) is 9.93. The Morgan fingerprint density at radius 3 is 2.62 bits per heavy atom. The summed E-state index contributed by atoms with van der Waals surface area (Å²) < 4.78 is 5.56. The number of rotatable bonds is 11. The largest absolute Gasteiger partial charge is 0.496 e. The van der Waals surface area contributed by atoms with Crippen LogP contribution in [-0.4, -0.2) is 39.9 Å². The number of nitrogens with zero attached hydrogens (tertiary/aromatic N) is 2. The Bertz CT molecular complexity index is 1710. The molecule has 3 fully saturated rings. The average molecular weight is 666 g/mol. The first-order chi connectivity index (χ1) is 23.4. The van der Waals surface area contributed by atoms with Crippen molar-refractivity contribution in [1.82, 2.24) is 25.6 Å². The number of nitrogens with one attached hydrogen (secondary N) is 3. The van der Waals surface area contributed by atoms with Crippen molar-refractivity contribution < 1.29 is 14.3 Å². The predicted molar refractivity (Wildman–Crippen MR) is 189 cm³/mol. The fourth-order valence-electron chi connectivity index (χ4n) is 7.94. The first kappa shape index (κ1) is 32.6. The van der Waals surface area contributed by atoms with Crippen molar-refractivity contribution in [3.05, 3.63) is 88.6 Å². The van der Waals surface area contributed by atoms with Crippen molar-refractivity contribution in [3.63, 3.8) is 0 Å². The molecule has 7 rings (SSSR count). The molecule has 0 bridgehead atoms. The normalized spacial score (nSPS) is 22.2. The molecule has 4 aromatic rings. The maximum Gasteiger partial charge on any atom is 0.227 e. The quantitative estimate of drug-likeness (QED) is 0.152. The minimum Gasteiger partial charge on any atom is -0.496 e. The van der Waals surface area contributed by atoms with Crippen molar-refractivity contribution in [3.8, 4) is 16.2 Å². The molecule has 2 aromatic heterocycles. The molecule has 9 heteroatoms. The van der Waals surface area contributed by atoms with E-state index in [9.17, 15) is 9.59 Å². The second-order valence-corrected chi connectivity index (χ2v) is 15.1. The number of aromatic amines is 1. The minimum atomic E-state index is -0.154. The molecular weight excluding hydrogens is 619 g/mol. The highest BCUT2D eigenvalue weighted by Gasteiger charge is 2.38. The number of carbonyl (C=O) groups is 2. The molecule has 4 atom stereocenters. The summed E-state index contributed by atoms with van der Waals surface area (Å²) in [6.45, 7) is 2.07. The summed E-state index contributed by atoms with van der Waals surface area (Å²) in [5.41, 5.74) is 4.57. The zero-order valence-corrected chi connectivity index (χ0v) is 28.9. The molecule has 8 nitrogen and oxygen atoms in total. The van der Waals surface area contributed by atoms with E-state index in [1.807, 2.05) is 12.3 Å². The zero-order chi connectivity index (χ0) is 33.0. The average Bonchev–Trinajstić information content (AvgIpc) is 3.60. The monoisotopic (exact) mass is 665 g/mol.